The van der Waals surface area contributed by atoms with Crippen molar-refractivity contribution in [1.29, 1.82) is 0 Å². The summed E-state index contributed by atoms with van der Waals surface area (Å²) in [5, 5.41) is 14.4. The van der Waals surface area contributed by atoms with E-state index in [2.05, 4.69) is 10.5 Å². The monoisotopic (exact) mass is 233 g/mol. The fourth-order valence-corrected chi connectivity index (χ4v) is 1.39. The van der Waals surface area contributed by atoms with E-state index in [1.54, 1.807) is 12.1 Å². The minimum absolute atomic E-state index is 0.0353. The first-order valence-corrected chi connectivity index (χ1v) is 4.94. The number of fused-ring (bicyclic) bond motifs is 1. The van der Waals surface area contributed by atoms with E-state index in [1.807, 2.05) is 18.2 Å². The van der Waals surface area contributed by atoms with Crippen LogP contribution in [-0.4, -0.2) is 23.5 Å². The molecule has 17 heavy (non-hydrogen) atoms. The number of furan rings is 1. The van der Waals surface area contributed by atoms with E-state index in [-0.39, 0.29) is 18.1 Å². The third-order valence-corrected chi connectivity index (χ3v) is 2.21. The molecule has 88 valence electrons. The first kappa shape index (κ1) is 11.0. The van der Waals surface area contributed by atoms with E-state index < -0.39 is 5.91 Å². The number of benzene rings is 1. The molecule has 1 heterocycles. The van der Waals surface area contributed by atoms with Gasteiger partial charge in [-0.15, -0.1) is 0 Å². The number of rotatable bonds is 3. The van der Waals surface area contributed by atoms with Gasteiger partial charge in [0.05, 0.1) is 6.54 Å². The second kappa shape index (κ2) is 4.56. The largest absolute Gasteiger partial charge is 0.451 e. The minimum atomic E-state index is -0.409. The molecule has 1 aromatic carbocycles. The van der Waals surface area contributed by atoms with Crippen molar-refractivity contribution in [2.24, 2.45) is 10.9 Å². The van der Waals surface area contributed by atoms with Crippen LogP contribution >= 0.6 is 0 Å². The summed E-state index contributed by atoms with van der Waals surface area (Å²) in [6.07, 6.45) is 0. The minimum Gasteiger partial charge on any atom is -0.451 e. The van der Waals surface area contributed by atoms with E-state index in [1.165, 1.54) is 0 Å². The van der Waals surface area contributed by atoms with Gasteiger partial charge in [0.2, 0.25) is 0 Å². The fourth-order valence-electron chi connectivity index (χ4n) is 1.39. The lowest BCUT2D eigenvalue weighted by molar-refractivity contribution is 0.0933. The highest BCUT2D eigenvalue weighted by molar-refractivity contribution is 5.98. The number of nitrogens with one attached hydrogen (secondary N) is 1. The number of amides is 1. The maximum absolute atomic E-state index is 11.6. The Hall–Kier alpha value is -2.50. The summed E-state index contributed by atoms with van der Waals surface area (Å²) in [6, 6.07) is 8.94. The number of oxime groups is 1. The molecule has 0 atom stereocenters. The van der Waals surface area contributed by atoms with Crippen LogP contribution < -0.4 is 11.1 Å². The molecule has 6 heteroatoms. The first-order chi connectivity index (χ1) is 8.20. The Kier molecular flexibility index (Phi) is 2.95. The lowest BCUT2D eigenvalue weighted by Gasteiger charge is -2.00. The molecule has 0 aliphatic rings. The average Bonchev–Trinajstić information content (AvgIpc) is 2.79. The smallest absolute Gasteiger partial charge is 0.287 e. The van der Waals surface area contributed by atoms with Gasteiger partial charge < -0.3 is 20.7 Å². The Bertz CT molecular complexity index is 541. The van der Waals surface area contributed by atoms with Gasteiger partial charge >= 0.3 is 0 Å². The molecule has 2 aromatic rings. The lowest BCUT2D eigenvalue weighted by Crippen LogP contribution is -2.33. The quantitative estimate of drug-likeness (QED) is 0.317. The Balaban J connectivity index is 2.14. The van der Waals surface area contributed by atoms with E-state index in [9.17, 15) is 4.79 Å². The number of para-hydroxylation sites is 1. The van der Waals surface area contributed by atoms with Crippen molar-refractivity contribution in [1.82, 2.24) is 5.32 Å². The molecule has 6 nitrogen and oxygen atoms in total. The maximum Gasteiger partial charge on any atom is 0.287 e. The summed E-state index contributed by atoms with van der Waals surface area (Å²) in [4.78, 5) is 11.6. The Morgan fingerprint density at radius 2 is 2.24 bits per heavy atom. The van der Waals surface area contributed by atoms with Gasteiger partial charge in [-0.2, -0.15) is 0 Å². The third-order valence-electron chi connectivity index (χ3n) is 2.21. The molecule has 0 radical (unpaired) electrons. The van der Waals surface area contributed by atoms with Gasteiger partial charge in [0, 0.05) is 5.39 Å². The first-order valence-electron chi connectivity index (χ1n) is 4.94. The van der Waals surface area contributed by atoms with Crippen molar-refractivity contribution in [3.63, 3.8) is 0 Å². The van der Waals surface area contributed by atoms with E-state index in [0.29, 0.717) is 5.58 Å². The second-order valence-electron chi connectivity index (χ2n) is 3.42. The Labute approximate surface area is 96.7 Å². The summed E-state index contributed by atoms with van der Waals surface area (Å²) in [6.45, 7) is -0.0353. The van der Waals surface area contributed by atoms with Gasteiger partial charge in [-0.1, -0.05) is 23.4 Å². The van der Waals surface area contributed by atoms with Crippen molar-refractivity contribution in [3.8, 4) is 0 Å². The summed E-state index contributed by atoms with van der Waals surface area (Å²) in [7, 11) is 0. The number of amidine groups is 1. The number of carbonyl (C=O) groups is 1. The predicted molar refractivity (Wildman–Crippen MR) is 62.0 cm³/mol. The van der Waals surface area contributed by atoms with Crippen LogP contribution in [-0.2, 0) is 0 Å². The summed E-state index contributed by atoms with van der Waals surface area (Å²) < 4.78 is 5.34. The van der Waals surface area contributed by atoms with Crippen LogP contribution in [0, 0.1) is 0 Å². The van der Waals surface area contributed by atoms with E-state index in [4.69, 9.17) is 15.4 Å². The molecule has 0 fully saturated rings. The molecular weight excluding hydrogens is 222 g/mol. The topological polar surface area (TPSA) is 101 Å². The number of carbonyl (C=O) groups excluding carboxylic acids is 1. The van der Waals surface area contributed by atoms with Gasteiger partial charge in [0.25, 0.3) is 5.91 Å². The maximum atomic E-state index is 11.6. The summed E-state index contributed by atoms with van der Waals surface area (Å²) in [5.41, 5.74) is 5.87. The molecule has 1 amide bonds. The molecule has 0 aliphatic carbocycles. The zero-order chi connectivity index (χ0) is 12.3. The number of hydrogen-bond acceptors (Lipinski definition) is 4. The SMILES string of the molecule is N/C(CNC(=O)c1cc2ccccc2o1)=N\O. The Morgan fingerprint density at radius 3 is 2.94 bits per heavy atom. The van der Waals surface area contributed by atoms with E-state index in [0.717, 1.165) is 5.39 Å². The van der Waals surface area contributed by atoms with Crippen molar-refractivity contribution in [3.05, 3.63) is 36.1 Å². The highest BCUT2D eigenvalue weighted by Gasteiger charge is 2.11. The number of nitrogens with zero attached hydrogens (tertiary/aromatic N) is 1. The van der Waals surface area contributed by atoms with Crippen LogP contribution in [0.2, 0.25) is 0 Å². The fraction of sp³-hybridized carbons (Fsp3) is 0.0909. The van der Waals surface area contributed by atoms with Crippen molar-refractivity contribution in [2.45, 2.75) is 0 Å². The third kappa shape index (κ3) is 2.36. The molecule has 0 bridgehead atoms. The van der Waals surface area contributed by atoms with Crippen LogP contribution in [0.25, 0.3) is 11.0 Å². The molecule has 1 aromatic heterocycles. The average molecular weight is 233 g/mol. The molecular formula is C11H11N3O3. The summed E-state index contributed by atoms with van der Waals surface area (Å²) in [5.74, 6) is -0.292. The standard InChI is InChI=1S/C11H11N3O3/c12-10(14-16)6-13-11(15)9-5-7-3-1-2-4-8(7)17-9/h1-5,16H,6H2,(H2,12,14)(H,13,15). The predicted octanol–water partition coefficient (Wildman–Crippen LogP) is 0.909. The highest BCUT2D eigenvalue weighted by Crippen LogP contribution is 2.18. The molecule has 0 spiro atoms. The van der Waals surface area contributed by atoms with Gasteiger partial charge in [-0.05, 0) is 12.1 Å². The molecule has 2 rings (SSSR count). The van der Waals surface area contributed by atoms with Crippen LogP contribution in [0.4, 0.5) is 0 Å². The summed E-state index contributed by atoms with van der Waals surface area (Å²) >= 11 is 0. The van der Waals surface area contributed by atoms with Crippen LogP contribution in [0.5, 0.6) is 0 Å². The molecule has 0 aliphatic heterocycles. The van der Waals surface area contributed by atoms with Gasteiger partial charge in [0.15, 0.2) is 11.6 Å². The number of hydrogen-bond donors (Lipinski definition) is 3. The van der Waals surface area contributed by atoms with Crippen LogP contribution in [0.3, 0.4) is 0 Å². The van der Waals surface area contributed by atoms with Crippen molar-refractivity contribution < 1.29 is 14.4 Å². The normalized spacial score (nSPS) is 11.6. The zero-order valence-corrected chi connectivity index (χ0v) is 8.88. The molecule has 0 saturated carbocycles. The van der Waals surface area contributed by atoms with Crippen molar-refractivity contribution in [2.75, 3.05) is 6.54 Å². The second-order valence-corrected chi connectivity index (χ2v) is 3.42. The highest BCUT2D eigenvalue weighted by atomic mass is 16.4. The lowest BCUT2D eigenvalue weighted by atomic mass is 10.2. The van der Waals surface area contributed by atoms with E-state index >= 15 is 0 Å². The molecule has 0 unspecified atom stereocenters. The van der Waals surface area contributed by atoms with Gasteiger partial charge in [-0.25, -0.2) is 0 Å². The van der Waals surface area contributed by atoms with Crippen LogP contribution in [0.15, 0.2) is 39.9 Å². The van der Waals surface area contributed by atoms with Gasteiger partial charge in [-0.3, -0.25) is 4.79 Å². The number of nitrogens with two attached hydrogens (primary N) is 1. The van der Waals surface area contributed by atoms with Crippen LogP contribution in [0.1, 0.15) is 10.6 Å². The Morgan fingerprint density at radius 1 is 1.47 bits per heavy atom. The molecule has 0 saturated heterocycles. The molecule has 4 N–H and O–H groups in total. The van der Waals surface area contributed by atoms with Crippen molar-refractivity contribution >= 4 is 22.7 Å². The van der Waals surface area contributed by atoms with Gasteiger partial charge in [0.1, 0.15) is 5.58 Å². The zero-order valence-electron chi connectivity index (χ0n) is 8.88.